The Morgan fingerprint density at radius 2 is 1.75 bits per heavy atom. The topological polar surface area (TPSA) is 76.2 Å². The van der Waals surface area contributed by atoms with Gasteiger partial charge < -0.3 is 14.8 Å². The first-order chi connectivity index (χ1) is 13.4. The molecule has 8 heteroatoms. The van der Waals surface area contributed by atoms with Crippen LogP contribution in [0.5, 0.6) is 11.5 Å². The van der Waals surface area contributed by atoms with Gasteiger partial charge >= 0.3 is 0 Å². The van der Waals surface area contributed by atoms with E-state index >= 15 is 0 Å². The maximum Gasteiger partial charge on any atom is 0.256 e. The van der Waals surface area contributed by atoms with Crippen LogP contribution in [0.4, 0.5) is 11.6 Å². The summed E-state index contributed by atoms with van der Waals surface area (Å²) in [5, 5.41) is 4.13. The summed E-state index contributed by atoms with van der Waals surface area (Å²) in [5.74, 6) is 1.27. The van der Waals surface area contributed by atoms with Crippen LogP contribution in [-0.2, 0) is 6.42 Å². The Morgan fingerprint density at radius 1 is 1.07 bits per heavy atom. The quantitative estimate of drug-likeness (QED) is 0.603. The van der Waals surface area contributed by atoms with Crippen molar-refractivity contribution in [3.8, 4) is 11.5 Å². The summed E-state index contributed by atoms with van der Waals surface area (Å²) in [6.45, 7) is 1.80. The van der Waals surface area contributed by atoms with E-state index in [2.05, 4.69) is 15.3 Å². The molecule has 0 aliphatic heterocycles. The number of aromatic amines is 1. The second-order valence-corrected chi connectivity index (χ2v) is 6.94. The minimum absolute atomic E-state index is 0.218. The van der Waals surface area contributed by atoms with Gasteiger partial charge in [0.25, 0.3) is 5.56 Å². The largest absolute Gasteiger partial charge is 0.495 e. The van der Waals surface area contributed by atoms with Gasteiger partial charge in [-0.1, -0.05) is 35.3 Å². The Morgan fingerprint density at radius 3 is 2.36 bits per heavy atom. The van der Waals surface area contributed by atoms with E-state index in [-0.39, 0.29) is 5.56 Å². The highest BCUT2D eigenvalue weighted by Crippen LogP contribution is 2.36. The van der Waals surface area contributed by atoms with E-state index in [0.717, 1.165) is 5.56 Å². The fourth-order valence-corrected chi connectivity index (χ4v) is 3.13. The zero-order valence-corrected chi connectivity index (χ0v) is 17.1. The first kappa shape index (κ1) is 20.0. The summed E-state index contributed by atoms with van der Waals surface area (Å²) >= 11 is 12.0. The Bertz CT molecular complexity index is 1050. The monoisotopic (exact) mass is 419 g/mol. The molecule has 3 rings (SSSR count). The smallest absolute Gasteiger partial charge is 0.256 e. The molecule has 0 fully saturated rings. The molecule has 1 heterocycles. The lowest BCUT2D eigenvalue weighted by atomic mass is 10.1. The van der Waals surface area contributed by atoms with Crippen LogP contribution in [0.3, 0.4) is 0 Å². The molecule has 0 bridgehead atoms. The molecule has 2 aromatic carbocycles. The number of H-pyrrole nitrogens is 1. The van der Waals surface area contributed by atoms with Gasteiger partial charge in [0.2, 0.25) is 5.95 Å². The van der Waals surface area contributed by atoms with E-state index in [1.165, 1.54) is 14.2 Å². The lowest BCUT2D eigenvalue weighted by Crippen LogP contribution is -2.18. The fourth-order valence-electron chi connectivity index (χ4n) is 2.77. The van der Waals surface area contributed by atoms with E-state index in [1.54, 1.807) is 31.2 Å². The van der Waals surface area contributed by atoms with Gasteiger partial charge in [-0.05, 0) is 24.6 Å². The SMILES string of the molecule is COc1cc(Nc2nc(C)c(Cc3ccc(Cl)cc3)c(=O)[nH]2)c(OC)cc1Cl. The van der Waals surface area contributed by atoms with Crippen LogP contribution in [0.15, 0.2) is 41.2 Å². The minimum atomic E-state index is -0.218. The van der Waals surface area contributed by atoms with Crippen LogP contribution < -0.4 is 20.3 Å². The number of rotatable bonds is 6. The number of aromatic nitrogens is 2. The maximum atomic E-state index is 12.6. The summed E-state index contributed by atoms with van der Waals surface area (Å²) in [5.41, 5.74) is 2.54. The number of methoxy groups -OCH3 is 2. The van der Waals surface area contributed by atoms with Crippen molar-refractivity contribution in [2.45, 2.75) is 13.3 Å². The minimum Gasteiger partial charge on any atom is -0.495 e. The van der Waals surface area contributed by atoms with Gasteiger partial charge in [-0.2, -0.15) is 0 Å². The summed E-state index contributed by atoms with van der Waals surface area (Å²) < 4.78 is 10.6. The van der Waals surface area contributed by atoms with Crippen LogP contribution in [0, 0.1) is 6.92 Å². The molecule has 0 aliphatic carbocycles. The van der Waals surface area contributed by atoms with Crippen molar-refractivity contribution in [3.05, 3.63) is 73.6 Å². The van der Waals surface area contributed by atoms with Crippen LogP contribution in [0.2, 0.25) is 10.0 Å². The summed E-state index contributed by atoms with van der Waals surface area (Å²) in [6, 6.07) is 10.7. The third kappa shape index (κ3) is 4.40. The molecule has 0 aliphatic rings. The Hall–Kier alpha value is -2.70. The molecule has 0 atom stereocenters. The zero-order chi connectivity index (χ0) is 20.3. The average molecular weight is 420 g/mol. The van der Waals surface area contributed by atoms with E-state index in [0.29, 0.717) is 50.9 Å². The molecule has 0 unspecified atom stereocenters. The summed E-state index contributed by atoms with van der Waals surface area (Å²) in [4.78, 5) is 19.9. The fraction of sp³-hybridized carbons (Fsp3) is 0.200. The Balaban J connectivity index is 1.91. The molecule has 0 amide bonds. The van der Waals surface area contributed by atoms with Crippen molar-refractivity contribution < 1.29 is 9.47 Å². The highest BCUT2D eigenvalue weighted by molar-refractivity contribution is 6.32. The zero-order valence-electron chi connectivity index (χ0n) is 15.6. The number of nitrogens with zero attached hydrogens (tertiary/aromatic N) is 1. The molecule has 28 heavy (non-hydrogen) atoms. The number of anilines is 2. The standard InChI is InChI=1S/C20H19Cl2N3O3/c1-11-14(8-12-4-6-13(21)7-5-12)19(26)25-20(23-11)24-16-10-17(27-2)15(22)9-18(16)28-3/h4-7,9-10H,8H2,1-3H3,(H2,23,24,25,26). The number of benzene rings is 2. The average Bonchev–Trinajstić information content (AvgIpc) is 2.67. The lowest BCUT2D eigenvalue weighted by molar-refractivity contribution is 0.405. The third-order valence-electron chi connectivity index (χ3n) is 4.24. The lowest BCUT2D eigenvalue weighted by Gasteiger charge is -2.14. The maximum absolute atomic E-state index is 12.6. The second kappa shape index (κ2) is 8.54. The molecule has 1 aromatic heterocycles. The number of ether oxygens (including phenoxy) is 2. The highest BCUT2D eigenvalue weighted by Gasteiger charge is 2.13. The van der Waals surface area contributed by atoms with Crippen LogP contribution in [0.1, 0.15) is 16.8 Å². The van der Waals surface area contributed by atoms with E-state index < -0.39 is 0 Å². The molecule has 0 saturated heterocycles. The first-order valence-corrected chi connectivity index (χ1v) is 9.19. The predicted octanol–water partition coefficient (Wildman–Crippen LogP) is 4.74. The molecule has 0 radical (unpaired) electrons. The van der Waals surface area contributed by atoms with Gasteiger partial charge in [0.1, 0.15) is 11.5 Å². The Kier molecular flexibility index (Phi) is 6.11. The number of aryl methyl sites for hydroxylation is 1. The predicted molar refractivity (Wildman–Crippen MR) is 112 cm³/mol. The second-order valence-electron chi connectivity index (χ2n) is 6.09. The molecular weight excluding hydrogens is 401 g/mol. The molecular formula is C20H19Cl2N3O3. The van der Waals surface area contributed by atoms with Gasteiger partial charge in [-0.15, -0.1) is 0 Å². The summed E-state index contributed by atoms with van der Waals surface area (Å²) in [7, 11) is 3.05. The number of hydrogen-bond acceptors (Lipinski definition) is 5. The van der Waals surface area contributed by atoms with Crippen molar-refractivity contribution in [1.29, 1.82) is 0 Å². The molecule has 0 saturated carbocycles. The first-order valence-electron chi connectivity index (χ1n) is 8.44. The van der Waals surface area contributed by atoms with E-state index in [9.17, 15) is 4.79 Å². The van der Waals surface area contributed by atoms with Gasteiger partial charge in [-0.3, -0.25) is 9.78 Å². The van der Waals surface area contributed by atoms with Crippen molar-refractivity contribution in [3.63, 3.8) is 0 Å². The molecule has 6 nitrogen and oxygen atoms in total. The van der Waals surface area contributed by atoms with Gasteiger partial charge in [0, 0.05) is 29.1 Å². The molecule has 2 N–H and O–H groups in total. The normalized spacial score (nSPS) is 10.6. The van der Waals surface area contributed by atoms with Gasteiger partial charge in [0.05, 0.1) is 30.6 Å². The van der Waals surface area contributed by atoms with Gasteiger partial charge in [0.15, 0.2) is 0 Å². The van der Waals surface area contributed by atoms with Gasteiger partial charge in [-0.25, -0.2) is 4.98 Å². The number of halogens is 2. The molecule has 3 aromatic rings. The summed E-state index contributed by atoms with van der Waals surface area (Å²) in [6.07, 6.45) is 0.462. The number of nitrogens with one attached hydrogen (secondary N) is 2. The van der Waals surface area contributed by atoms with Crippen molar-refractivity contribution in [2.24, 2.45) is 0 Å². The molecule has 0 spiro atoms. The van der Waals surface area contributed by atoms with E-state index in [4.69, 9.17) is 32.7 Å². The van der Waals surface area contributed by atoms with Crippen LogP contribution >= 0.6 is 23.2 Å². The third-order valence-corrected chi connectivity index (χ3v) is 4.79. The Labute approximate surface area is 172 Å². The number of hydrogen-bond donors (Lipinski definition) is 2. The van der Waals surface area contributed by atoms with Crippen molar-refractivity contribution >= 4 is 34.8 Å². The van der Waals surface area contributed by atoms with Crippen LogP contribution in [-0.4, -0.2) is 24.2 Å². The highest BCUT2D eigenvalue weighted by atomic mass is 35.5. The van der Waals surface area contributed by atoms with E-state index in [1.807, 2.05) is 12.1 Å². The van der Waals surface area contributed by atoms with Crippen molar-refractivity contribution in [2.75, 3.05) is 19.5 Å². The molecule has 146 valence electrons. The van der Waals surface area contributed by atoms with Crippen molar-refractivity contribution in [1.82, 2.24) is 9.97 Å². The van der Waals surface area contributed by atoms with Crippen LogP contribution in [0.25, 0.3) is 0 Å².